The van der Waals surface area contributed by atoms with E-state index in [1.165, 1.54) is 5.56 Å². The molecule has 0 aliphatic carbocycles. The van der Waals surface area contributed by atoms with Crippen molar-refractivity contribution in [1.82, 2.24) is 4.90 Å². The molecule has 138 valence electrons. The van der Waals surface area contributed by atoms with Gasteiger partial charge in [-0.15, -0.1) is 0 Å². The van der Waals surface area contributed by atoms with E-state index in [4.69, 9.17) is 9.47 Å². The summed E-state index contributed by atoms with van der Waals surface area (Å²) < 4.78 is 11.7. The highest BCUT2D eigenvalue weighted by atomic mass is 16.6. The van der Waals surface area contributed by atoms with Crippen molar-refractivity contribution in [2.75, 3.05) is 25.0 Å². The van der Waals surface area contributed by atoms with E-state index < -0.39 is 0 Å². The zero-order chi connectivity index (χ0) is 18.4. The smallest absolute Gasteiger partial charge is 0.321 e. The number of nitrogens with one attached hydrogen (secondary N) is 1. The number of urea groups is 1. The molecule has 2 aromatic rings. The normalized spacial score (nSPS) is 15.4. The predicted octanol–water partition coefficient (Wildman–Crippen LogP) is 4.33. The van der Waals surface area contributed by atoms with Crippen LogP contribution in [0, 0.1) is 0 Å². The third-order valence-electron chi connectivity index (χ3n) is 4.40. The summed E-state index contributed by atoms with van der Waals surface area (Å²) in [5, 5.41) is 2.96. The molecule has 3 rings (SSSR count). The van der Waals surface area contributed by atoms with Crippen LogP contribution >= 0.6 is 0 Å². The molecular formula is C21H26N2O3. The van der Waals surface area contributed by atoms with Crippen LogP contribution in [0.15, 0.2) is 48.5 Å². The van der Waals surface area contributed by atoms with Gasteiger partial charge in [0.15, 0.2) is 17.6 Å². The average molecular weight is 354 g/mol. The first-order valence-corrected chi connectivity index (χ1v) is 9.23. The van der Waals surface area contributed by atoms with Crippen molar-refractivity contribution in [1.29, 1.82) is 0 Å². The molecular weight excluding hydrogens is 328 g/mol. The van der Waals surface area contributed by atoms with Crippen molar-refractivity contribution >= 4 is 11.7 Å². The third kappa shape index (κ3) is 4.48. The Bertz CT molecular complexity index is 730. The molecule has 1 atom stereocenters. The van der Waals surface area contributed by atoms with Gasteiger partial charge < -0.3 is 19.7 Å². The SMILES string of the molecule is CCCc1ccc(NC(=O)N(CC)CC2COc3ccccc3O2)cc1. The number of amides is 2. The molecule has 1 aliphatic rings. The number of fused-ring (bicyclic) bond motifs is 1. The Kier molecular flexibility index (Phi) is 6.00. The van der Waals surface area contributed by atoms with E-state index in [9.17, 15) is 4.79 Å². The van der Waals surface area contributed by atoms with Crippen LogP contribution in [0.3, 0.4) is 0 Å². The van der Waals surface area contributed by atoms with Crippen LogP contribution in [0.5, 0.6) is 11.5 Å². The number of aryl methyl sites for hydroxylation is 1. The molecule has 0 fully saturated rings. The number of carbonyl (C=O) groups is 1. The molecule has 0 bridgehead atoms. The Labute approximate surface area is 154 Å². The fourth-order valence-electron chi connectivity index (χ4n) is 3.00. The van der Waals surface area contributed by atoms with Crippen LogP contribution < -0.4 is 14.8 Å². The van der Waals surface area contributed by atoms with Gasteiger partial charge in [-0.25, -0.2) is 4.79 Å². The van der Waals surface area contributed by atoms with E-state index >= 15 is 0 Å². The number of hydrogen-bond acceptors (Lipinski definition) is 3. The molecule has 0 aromatic heterocycles. The quantitative estimate of drug-likeness (QED) is 0.840. The summed E-state index contributed by atoms with van der Waals surface area (Å²) in [5.74, 6) is 1.48. The number of hydrogen-bond donors (Lipinski definition) is 1. The molecule has 1 N–H and O–H groups in total. The fraction of sp³-hybridized carbons (Fsp3) is 0.381. The van der Waals surface area contributed by atoms with E-state index in [0.717, 1.165) is 30.0 Å². The lowest BCUT2D eigenvalue weighted by Gasteiger charge is -2.31. The highest BCUT2D eigenvalue weighted by Crippen LogP contribution is 2.31. The minimum absolute atomic E-state index is 0.127. The molecule has 0 radical (unpaired) electrons. The predicted molar refractivity (Wildman–Crippen MR) is 103 cm³/mol. The fourth-order valence-corrected chi connectivity index (χ4v) is 3.00. The van der Waals surface area contributed by atoms with Crippen molar-refractivity contribution in [2.45, 2.75) is 32.8 Å². The number of nitrogens with zero attached hydrogens (tertiary/aromatic N) is 1. The van der Waals surface area contributed by atoms with Crippen LogP contribution in [-0.4, -0.2) is 36.7 Å². The van der Waals surface area contributed by atoms with Gasteiger partial charge in [-0.2, -0.15) is 0 Å². The van der Waals surface area contributed by atoms with Gasteiger partial charge >= 0.3 is 6.03 Å². The second-order valence-electron chi connectivity index (χ2n) is 6.41. The average Bonchev–Trinajstić information content (AvgIpc) is 2.67. The molecule has 0 saturated carbocycles. The molecule has 2 amide bonds. The van der Waals surface area contributed by atoms with Gasteiger partial charge in [-0.3, -0.25) is 0 Å². The van der Waals surface area contributed by atoms with E-state index in [1.807, 2.05) is 43.3 Å². The summed E-state index contributed by atoms with van der Waals surface area (Å²) in [5.41, 5.74) is 2.09. The van der Waals surface area contributed by atoms with E-state index in [0.29, 0.717) is 19.7 Å². The minimum Gasteiger partial charge on any atom is -0.486 e. The molecule has 0 saturated heterocycles. The Morgan fingerprint density at radius 3 is 2.54 bits per heavy atom. The number of carbonyl (C=O) groups excluding carboxylic acids is 1. The zero-order valence-corrected chi connectivity index (χ0v) is 15.4. The molecule has 2 aromatic carbocycles. The second kappa shape index (κ2) is 8.61. The second-order valence-corrected chi connectivity index (χ2v) is 6.41. The van der Waals surface area contributed by atoms with Gasteiger partial charge in [0.2, 0.25) is 0 Å². The number of rotatable bonds is 6. The van der Waals surface area contributed by atoms with E-state index in [-0.39, 0.29) is 12.1 Å². The summed E-state index contributed by atoms with van der Waals surface area (Å²) in [6, 6.07) is 15.5. The third-order valence-corrected chi connectivity index (χ3v) is 4.40. The lowest BCUT2D eigenvalue weighted by molar-refractivity contribution is 0.0693. The molecule has 1 aliphatic heterocycles. The standard InChI is InChI=1S/C21H26N2O3/c1-3-7-16-10-12-17(13-11-16)22-21(24)23(4-2)14-18-15-25-19-8-5-6-9-20(19)26-18/h5-6,8-13,18H,3-4,7,14-15H2,1-2H3,(H,22,24). The molecule has 1 unspecified atom stereocenters. The lowest BCUT2D eigenvalue weighted by Crippen LogP contribution is -2.45. The van der Waals surface area contributed by atoms with Gasteiger partial charge in [-0.1, -0.05) is 37.6 Å². The van der Waals surface area contributed by atoms with Gasteiger partial charge in [0, 0.05) is 12.2 Å². The number of benzene rings is 2. The number of ether oxygens (including phenoxy) is 2. The number of para-hydroxylation sites is 2. The summed E-state index contributed by atoms with van der Waals surface area (Å²) in [4.78, 5) is 14.3. The first-order chi connectivity index (χ1) is 12.7. The molecule has 5 nitrogen and oxygen atoms in total. The Hall–Kier alpha value is -2.69. The van der Waals surface area contributed by atoms with Gasteiger partial charge in [0.05, 0.1) is 6.54 Å². The highest BCUT2D eigenvalue weighted by molar-refractivity contribution is 5.89. The van der Waals surface area contributed by atoms with Crippen LogP contribution in [-0.2, 0) is 6.42 Å². The lowest BCUT2D eigenvalue weighted by atomic mass is 10.1. The molecule has 0 spiro atoms. The maximum atomic E-state index is 12.6. The number of anilines is 1. The topological polar surface area (TPSA) is 50.8 Å². The van der Waals surface area contributed by atoms with Gasteiger partial charge in [0.1, 0.15) is 6.61 Å². The first kappa shape index (κ1) is 18.1. The highest BCUT2D eigenvalue weighted by Gasteiger charge is 2.24. The summed E-state index contributed by atoms with van der Waals surface area (Å²) in [6.45, 7) is 5.63. The van der Waals surface area contributed by atoms with Crippen molar-refractivity contribution in [3.63, 3.8) is 0 Å². The Morgan fingerprint density at radius 2 is 1.85 bits per heavy atom. The van der Waals surface area contributed by atoms with Crippen LogP contribution in [0.2, 0.25) is 0 Å². The monoisotopic (exact) mass is 354 g/mol. The maximum absolute atomic E-state index is 12.6. The number of likely N-dealkylation sites (N-methyl/N-ethyl adjacent to an activating group) is 1. The van der Waals surface area contributed by atoms with Crippen molar-refractivity contribution in [3.8, 4) is 11.5 Å². The summed E-state index contributed by atoms with van der Waals surface area (Å²) in [6.07, 6.45) is 1.99. The molecule has 26 heavy (non-hydrogen) atoms. The summed E-state index contributed by atoms with van der Waals surface area (Å²) in [7, 11) is 0. The molecule has 1 heterocycles. The van der Waals surface area contributed by atoms with Crippen LogP contribution in [0.25, 0.3) is 0 Å². The van der Waals surface area contributed by atoms with E-state index in [2.05, 4.69) is 24.4 Å². The van der Waals surface area contributed by atoms with Crippen LogP contribution in [0.4, 0.5) is 10.5 Å². The van der Waals surface area contributed by atoms with Gasteiger partial charge in [-0.05, 0) is 43.2 Å². The van der Waals surface area contributed by atoms with Crippen molar-refractivity contribution in [2.24, 2.45) is 0 Å². The maximum Gasteiger partial charge on any atom is 0.321 e. The van der Waals surface area contributed by atoms with Crippen LogP contribution in [0.1, 0.15) is 25.8 Å². The Balaban J connectivity index is 1.57. The van der Waals surface area contributed by atoms with Crippen molar-refractivity contribution in [3.05, 3.63) is 54.1 Å². The molecule has 5 heteroatoms. The first-order valence-electron chi connectivity index (χ1n) is 9.23. The van der Waals surface area contributed by atoms with Crippen molar-refractivity contribution < 1.29 is 14.3 Å². The van der Waals surface area contributed by atoms with E-state index in [1.54, 1.807) is 4.90 Å². The zero-order valence-electron chi connectivity index (χ0n) is 15.4. The van der Waals surface area contributed by atoms with Gasteiger partial charge in [0.25, 0.3) is 0 Å². The summed E-state index contributed by atoms with van der Waals surface area (Å²) >= 11 is 0. The minimum atomic E-state index is -0.178. The largest absolute Gasteiger partial charge is 0.486 e. The Morgan fingerprint density at radius 1 is 1.12 bits per heavy atom.